The van der Waals surface area contributed by atoms with Crippen LogP contribution in [0.3, 0.4) is 0 Å². The maximum absolute atomic E-state index is 14.1. The minimum atomic E-state index is -1.71. The predicted octanol–water partition coefficient (Wildman–Crippen LogP) is 2.71. The normalized spacial score (nSPS) is 28.4. The Balaban J connectivity index is 1.70. The number of morpholine rings is 1. The molecule has 3 aliphatic rings. The lowest BCUT2D eigenvalue weighted by molar-refractivity contribution is -0.384. The monoisotopic (exact) mass is 464 g/mol. The zero-order valence-electron chi connectivity index (χ0n) is 19.0. The number of rotatable bonds is 2. The van der Waals surface area contributed by atoms with Gasteiger partial charge in [0, 0.05) is 30.8 Å². The number of anilines is 2. The fourth-order valence-corrected chi connectivity index (χ4v) is 5.55. The number of non-ortho nitro benzene ring substituents is 1. The Kier molecular flexibility index (Phi) is 4.94. The number of amides is 4. The number of nitrogens with one attached hydrogen (secondary N) is 1. The van der Waals surface area contributed by atoms with E-state index < -0.39 is 40.3 Å². The van der Waals surface area contributed by atoms with Gasteiger partial charge < -0.3 is 9.64 Å². The largest absolute Gasteiger partial charge is 0.372 e. The van der Waals surface area contributed by atoms with Crippen molar-refractivity contribution in [1.82, 2.24) is 5.32 Å². The summed E-state index contributed by atoms with van der Waals surface area (Å²) in [5.41, 5.74) is 0.690. The van der Waals surface area contributed by atoms with Gasteiger partial charge in [0.25, 0.3) is 11.6 Å². The molecule has 0 aliphatic carbocycles. The number of nitro groups is 1. The number of barbiturate groups is 1. The average molecular weight is 464 g/mol. The van der Waals surface area contributed by atoms with Crippen LogP contribution in [-0.4, -0.2) is 47.6 Å². The second-order valence-electron chi connectivity index (χ2n) is 9.20. The molecule has 1 N–H and O–H groups in total. The zero-order valence-corrected chi connectivity index (χ0v) is 19.0. The lowest BCUT2D eigenvalue weighted by Crippen LogP contribution is -2.76. The van der Waals surface area contributed by atoms with Gasteiger partial charge >= 0.3 is 6.03 Å². The number of benzene rings is 2. The van der Waals surface area contributed by atoms with E-state index in [9.17, 15) is 24.5 Å². The summed E-state index contributed by atoms with van der Waals surface area (Å²) in [6.07, 6.45) is -0.802. The van der Waals surface area contributed by atoms with Gasteiger partial charge in [-0.2, -0.15) is 0 Å². The molecule has 0 bridgehead atoms. The third-order valence-electron chi connectivity index (χ3n) is 6.94. The van der Waals surface area contributed by atoms with E-state index in [4.69, 9.17) is 4.74 Å². The maximum atomic E-state index is 14.1. The second kappa shape index (κ2) is 7.63. The number of nitro benzene ring substituents is 1. The van der Waals surface area contributed by atoms with Crippen LogP contribution >= 0.6 is 0 Å². The Hall–Kier alpha value is -3.79. The average Bonchev–Trinajstić information content (AvgIpc) is 2.78. The summed E-state index contributed by atoms with van der Waals surface area (Å²) in [6.45, 7) is 5.97. The molecule has 0 saturated carbocycles. The smallest absolute Gasteiger partial charge is 0.335 e. The number of hydrogen-bond acceptors (Lipinski definition) is 7. The molecule has 4 atom stereocenters. The van der Waals surface area contributed by atoms with Gasteiger partial charge in [-0.25, -0.2) is 9.69 Å². The van der Waals surface area contributed by atoms with E-state index in [1.54, 1.807) is 37.3 Å². The molecular formula is C24H24N4O6. The zero-order chi connectivity index (χ0) is 24.4. The van der Waals surface area contributed by atoms with E-state index >= 15 is 0 Å². The number of carbonyl (C=O) groups is 3. The molecule has 34 heavy (non-hydrogen) atoms. The first-order chi connectivity index (χ1) is 16.1. The summed E-state index contributed by atoms with van der Waals surface area (Å²) in [6, 6.07) is 9.82. The Morgan fingerprint density at radius 2 is 1.82 bits per heavy atom. The first kappa shape index (κ1) is 22.0. The highest BCUT2D eigenvalue weighted by molar-refractivity contribution is 6.30. The Bertz CT molecular complexity index is 1230. The summed E-state index contributed by atoms with van der Waals surface area (Å²) in [5, 5.41) is 13.8. The summed E-state index contributed by atoms with van der Waals surface area (Å²) in [4.78, 5) is 54.4. The van der Waals surface area contributed by atoms with Crippen LogP contribution in [0.4, 0.5) is 21.9 Å². The van der Waals surface area contributed by atoms with Crippen LogP contribution in [-0.2, 0) is 20.7 Å². The number of nitrogens with zero attached hydrogens (tertiary/aromatic N) is 3. The fraction of sp³-hybridized carbons (Fsp3) is 0.375. The van der Waals surface area contributed by atoms with Crippen molar-refractivity contribution in [1.29, 1.82) is 0 Å². The molecule has 0 aromatic heterocycles. The molecule has 5 rings (SSSR count). The molecule has 2 fully saturated rings. The van der Waals surface area contributed by atoms with Crippen LogP contribution < -0.4 is 15.1 Å². The Morgan fingerprint density at radius 1 is 1.12 bits per heavy atom. The number of ether oxygens (including phenoxy) is 1. The number of imide groups is 2. The number of carbonyl (C=O) groups excluding carboxylic acids is 3. The highest BCUT2D eigenvalue weighted by Gasteiger charge is 2.65. The first-order valence-electron chi connectivity index (χ1n) is 11.1. The molecule has 176 valence electrons. The highest BCUT2D eigenvalue weighted by atomic mass is 16.6. The van der Waals surface area contributed by atoms with Gasteiger partial charge in [-0.3, -0.25) is 25.0 Å². The van der Waals surface area contributed by atoms with Crippen LogP contribution in [0.15, 0.2) is 42.5 Å². The van der Waals surface area contributed by atoms with Crippen molar-refractivity contribution in [2.45, 2.75) is 45.4 Å². The molecular weight excluding hydrogens is 440 g/mol. The summed E-state index contributed by atoms with van der Waals surface area (Å²) < 4.78 is 6.05. The molecule has 2 aromatic rings. The van der Waals surface area contributed by atoms with Gasteiger partial charge in [-0.1, -0.05) is 17.7 Å². The third kappa shape index (κ3) is 3.09. The molecule has 10 heteroatoms. The van der Waals surface area contributed by atoms with Crippen molar-refractivity contribution in [2.24, 2.45) is 5.41 Å². The SMILES string of the molecule is Cc1ccc(N2C(=O)NC(=O)[C@]3(Cc4cc([N+](=O)[O-])ccc4N4C[C@H](C)O[C@@H](C)[C@H]43)C2=O)cc1. The molecule has 2 aromatic carbocycles. The van der Waals surface area contributed by atoms with Crippen molar-refractivity contribution in [3.8, 4) is 0 Å². The lowest BCUT2D eigenvalue weighted by atomic mass is 9.66. The number of urea groups is 1. The molecule has 1 spiro atoms. The van der Waals surface area contributed by atoms with Gasteiger partial charge in [-0.15, -0.1) is 0 Å². The van der Waals surface area contributed by atoms with E-state index in [0.29, 0.717) is 17.8 Å². The quantitative estimate of drug-likeness (QED) is 0.412. The van der Waals surface area contributed by atoms with Crippen molar-refractivity contribution >= 4 is 34.9 Å². The molecule has 10 nitrogen and oxygen atoms in total. The van der Waals surface area contributed by atoms with Crippen molar-refractivity contribution < 1.29 is 24.0 Å². The van der Waals surface area contributed by atoms with Crippen LogP contribution in [0.1, 0.15) is 25.0 Å². The van der Waals surface area contributed by atoms with Crippen molar-refractivity contribution in [3.05, 3.63) is 63.7 Å². The molecule has 4 amide bonds. The number of hydrogen-bond donors (Lipinski definition) is 1. The second-order valence-corrected chi connectivity index (χ2v) is 9.20. The lowest BCUT2D eigenvalue weighted by Gasteiger charge is -2.56. The van der Waals surface area contributed by atoms with E-state index in [-0.39, 0.29) is 18.2 Å². The van der Waals surface area contributed by atoms with Crippen LogP contribution in [0, 0.1) is 22.5 Å². The maximum Gasteiger partial charge on any atom is 0.335 e. The molecule has 2 saturated heterocycles. The van der Waals surface area contributed by atoms with E-state index in [0.717, 1.165) is 16.2 Å². The summed E-state index contributed by atoms with van der Waals surface area (Å²) in [7, 11) is 0. The van der Waals surface area contributed by atoms with Gasteiger partial charge in [0.1, 0.15) is 0 Å². The van der Waals surface area contributed by atoms with Crippen LogP contribution in [0.5, 0.6) is 0 Å². The third-order valence-corrected chi connectivity index (χ3v) is 6.94. The van der Waals surface area contributed by atoms with E-state index in [2.05, 4.69) is 5.32 Å². The molecule has 3 heterocycles. The molecule has 0 radical (unpaired) electrons. The fourth-order valence-electron chi connectivity index (χ4n) is 5.55. The minimum absolute atomic E-state index is 0.0897. The Morgan fingerprint density at radius 3 is 2.50 bits per heavy atom. The molecule has 3 aliphatic heterocycles. The number of fused-ring (bicyclic) bond motifs is 4. The number of aryl methyl sites for hydroxylation is 1. The van der Waals surface area contributed by atoms with Gasteiger partial charge in [-0.05, 0) is 44.5 Å². The molecule has 0 unspecified atom stereocenters. The summed E-state index contributed by atoms with van der Waals surface area (Å²) >= 11 is 0. The van der Waals surface area contributed by atoms with E-state index in [1.807, 2.05) is 18.7 Å². The first-order valence-corrected chi connectivity index (χ1v) is 11.1. The predicted molar refractivity (Wildman–Crippen MR) is 123 cm³/mol. The topological polar surface area (TPSA) is 122 Å². The van der Waals surface area contributed by atoms with Crippen molar-refractivity contribution in [2.75, 3.05) is 16.3 Å². The summed E-state index contributed by atoms with van der Waals surface area (Å²) in [5.74, 6) is -1.38. The van der Waals surface area contributed by atoms with Crippen LogP contribution in [0.2, 0.25) is 0 Å². The van der Waals surface area contributed by atoms with Gasteiger partial charge in [0.15, 0.2) is 5.41 Å². The van der Waals surface area contributed by atoms with Gasteiger partial charge in [0.2, 0.25) is 5.91 Å². The van der Waals surface area contributed by atoms with Crippen LogP contribution in [0.25, 0.3) is 0 Å². The standard InChI is InChI=1S/C24H24N4O6/c1-13-4-6-17(7-5-13)27-22(30)24(21(29)25-23(27)31)11-16-10-18(28(32)33)8-9-19(16)26-12-14(2)34-15(3)20(24)26/h4-10,14-15,20H,11-12H2,1-3H3,(H,25,29,31)/t14-,15-,20-,24+/m0/s1. The van der Waals surface area contributed by atoms with E-state index in [1.165, 1.54) is 12.1 Å². The Labute approximate surface area is 195 Å². The van der Waals surface area contributed by atoms with Gasteiger partial charge in [0.05, 0.1) is 28.9 Å². The highest BCUT2D eigenvalue weighted by Crippen LogP contribution is 2.48. The minimum Gasteiger partial charge on any atom is -0.372 e. The van der Waals surface area contributed by atoms with Crippen molar-refractivity contribution in [3.63, 3.8) is 0 Å².